The van der Waals surface area contributed by atoms with Gasteiger partial charge in [0.05, 0.1) is 37.4 Å². The third kappa shape index (κ3) is 5.13. The smallest absolute Gasteiger partial charge is 0.338 e. The molecule has 3 rings (SSSR count). The Labute approximate surface area is 186 Å². The van der Waals surface area contributed by atoms with Crippen molar-refractivity contribution in [2.75, 3.05) is 28.3 Å². The normalized spacial score (nSPS) is 12.2. The number of hydrogen-bond acceptors (Lipinski definition) is 5. The van der Waals surface area contributed by atoms with Crippen molar-refractivity contribution in [2.24, 2.45) is 4.99 Å². The quantitative estimate of drug-likeness (QED) is 0.199. The third-order valence-electron chi connectivity index (χ3n) is 4.69. The highest BCUT2D eigenvalue weighted by Crippen LogP contribution is 2.28. The lowest BCUT2D eigenvalue weighted by molar-refractivity contribution is -0.139. The summed E-state index contributed by atoms with van der Waals surface area (Å²) in [6.45, 7) is 0. The zero-order chi connectivity index (χ0) is 23.1. The highest BCUT2D eigenvalue weighted by atomic mass is 16.5. The maximum absolute atomic E-state index is 12.8. The number of nitrogens with one attached hydrogen (secondary N) is 1. The highest BCUT2D eigenvalue weighted by molar-refractivity contribution is 6.13. The molecular weight excluding hydrogens is 406 g/mol. The van der Waals surface area contributed by atoms with Gasteiger partial charge in [0.15, 0.2) is 0 Å². The van der Waals surface area contributed by atoms with E-state index >= 15 is 0 Å². The van der Waals surface area contributed by atoms with E-state index in [1.807, 2.05) is 62.6 Å². The van der Waals surface area contributed by atoms with Crippen molar-refractivity contribution >= 4 is 47.0 Å². The van der Waals surface area contributed by atoms with Crippen molar-refractivity contribution in [3.05, 3.63) is 77.0 Å². The van der Waals surface area contributed by atoms with Crippen molar-refractivity contribution in [1.82, 2.24) is 9.88 Å². The fraction of sp³-hybridized carbons (Fsp3) is 0.160. The summed E-state index contributed by atoms with van der Waals surface area (Å²) in [7, 11) is 6.27. The van der Waals surface area contributed by atoms with E-state index in [9.17, 15) is 9.59 Å². The van der Waals surface area contributed by atoms with Crippen LogP contribution in [0, 0.1) is 0 Å². The summed E-state index contributed by atoms with van der Waals surface area (Å²) in [5.74, 6) is -1.31. The summed E-state index contributed by atoms with van der Waals surface area (Å²) < 4.78 is 9.99. The number of hydrogen-bond donors (Lipinski definition) is 1. The minimum atomic E-state index is -0.659. The number of ether oxygens (including phenoxy) is 2. The number of rotatable bonds is 7. The number of H-pyrrole nitrogens is 1. The predicted octanol–water partition coefficient (Wildman–Crippen LogP) is 4.20. The molecule has 1 heterocycles. The summed E-state index contributed by atoms with van der Waals surface area (Å²) in [6, 6.07) is 15.0. The molecule has 3 aromatic rings. The van der Waals surface area contributed by atoms with Gasteiger partial charge in [-0.2, -0.15) is 0 Å². The van der Waals surface area contributed by atoms with Crippen LogP contribution in [0.4, 0.5) is 5.69 Å². The molecule has 7 nitrogen and oxygen atoms in total. The lowest BCUT2D eigenvalue weighted by Crippen LogP contribution is -2.15. The van der Waals surface area contributed by atoms with Gasteiger partial charge in [-0.3, -0.25) is 0 Å². The number of benzene rings is 2. The van der Waals surface area contributed by atoms with Gasteiger partial charge in [-0.15, -0.1) is 0 Å². The first-order valence-corrected chi connectivity index (χ1v) is 9.90. The second-order valence-corrected chi connectivity index (χ2v) is 7.16. The molecule has 164 valence electrons. The molecule has 7 heteroatoms. The SMILES string of the molecule is COC(=O)C(=C\c1c[nH]c2ccccc12)/C(=C\c1ccccc1N=CN(C)C)C(=O)OC. The standard InChI is InChI=1S/C25H25N3O4/c1-28(2)16-27-22-11-7-5-9-17(22)13-20(24(29)31-3)21(25(30)32-4)14-18-15-26-23-12-8-6-10-19(18)23/h5-16,26H,1-4H3/b20-13+,21-14-,27-16?. The second kappa shape index (κ2) is 10.3. The van der Waals surface area contributed by atoms with E-state index in [4.69, 9.17) is 9.47 Å². The van der Waals surface area contributed by atoms with Crippen molar-refractivity contribution in [2.45, 2.75) is 0 Å². The van der Waals surface area contributed by atoms with Gasteiger partial charge in [0.25, 0.3) is 0 Å². The molecule has 0 amide bonds. The summed E-state index contributed by atoms with van der Waals surface area (Å²) in [5.41, 5.74) is 3.09. The van der Waals surface area contributed by atoms with Crippen LogP contribution in [-0.4, -0.2) is 56.5 Å². The zero-order valence-corrected chi connectivity index (χ0v) is 18.5. The number of nitrogens with zero attached hydrogens (tertiary/aromatic N) is 2. The third-order valence-corrected chi connectivity index (χ3v) is 4.69. The first kappa shape index (κ1) is 22.6. The van der Waals surface area contributed by atoms with Crippen LogP contribution in [0.5, 0.6) is 0 Å². The number of esters is 2. The fourth-order valence-electron chi connectivity index (χ4n) is 3.14. The number of methoxy groups -OCH3 is 2. The number of carbonyl (C=O) groups excluding carboxylic acids is 2. The molecule has 32 heavy (non-hydrogen) atoms. The van der Waals surface area contributed by atoms with Gasteiger partial charge >= 0.3 is 11.9 Å². The maximum atomic E-state index is 12.8. The Hall–Kier alpha value is -4.13. The molecule has 2 aromatic carbocycles. The number of aliphatic imine (C=N–C) groups is 1. The Bertz CT molecular complexity index is 1220. The van der Waals surface area contributed by atoms with Crippen LogP contribution in [-0.2, 0) is 19.1 Å². The van der Waals surface area contributed by atoms with E-state index in [-0.39, 0.29) is 11.1 Å². The van der Waals surface area contributed by atoms with Crippen molar-refractivity contribution in [1.29, 1.82) is 0 Å². The van der Waals surface area contributed by atoms with Crippen LogP contribution in [0.2, 0.25) is 0 Å². The average Bonchev–Trinajstić information content (AvgIpc) is 3.22. The lowest BCUT2D eigenvalue weighted by Gasteiger charge is -2.11. The van der Waals surface area contributed by atoms with Crippen LogP contribution in [0.25, 0.3) is 23.1 Å². The van der Waals surface area contributed by atoms with Crippen LogP contribution in [0.3, 0.4) is 0 Å². The van der Waals surface area contributed by atoms with Gasteiger partial charge in [-0.25, -0.2) is 14.6 Å². The minimum absolute atomic E-state index is 0.0668. The number of fused-ring (bicyclic) bond motifs is 1. The van der Waals surface area contributed by atoms with Crippen LogP contribution >= 0.6 is 0 Å². The summed E-state index contributed by atoms with van der Waals surface area (Å²) in [4.78, 5) is 34.9. The molecule has 0 bridgehead atoms. The largest absolute Gasteiger partial charge is 0.465 e. The molecule has 0 fully saturated rings. The molecule has 0 unspecified atom stereocenters. The Morgan fingerprint density at radius 1 is 0.875 bits per heavy atom. The van der Waals surface area contributed by atoms with Gasteiger partial charge in [0, 0.05) is 42.3 Å². The monoisotopic (exact) mass is 431 g/mol. The van der Waals surface area contributed by atoms with Crippen LogP contribution < -0.4 is 0 Å². The molecule has 0 aliphatic rings. The van der Waals surface area contributed by atoms with Crippen LogP contribution in [0.1, 0.15) is 11.1 Å². The van der Waals surface area contributed by atoms with Gasteiger partial charge in [0.2, 0.25) is 0 Å². The minimum Gasteiger partial charge on any atom is -0.465 e. The van der Waals surface area contributed by atoms with E-state index < -0.39 is 11.9 Å². The van der Waals surface area contributed by atoms with Crippen molar-refractivity contribution < 1.29 is 19.1 Å². The van der Waals surface area contributed by atoms with Gasteiger partial charge in [0.1, 0.15) is 0 Å². The zero-order valence-electron chi connectivity index (χ0n) is 18.5. The van der Waals surface area contributed by atoms with E-state index in [0.717, 1.165) is 16.5 Å². The molecule has 0 saturated carbocycles. The first-order chi connectivity index (χ1) is 15.4. The lowest BCUT2D eigenvalue weighted by atomic mass is 9.99. The highest BCUT2D eigenvalue weighted by Gasteiger charge is 2.23. The summed E-state index contributed by atoms with van der Waals surface area (Å²) >= 11 is 0. The topological polar surface area (TPSA) is 84.0 Å². The van der Waals surface area contributed by atoms with E-state index in [1.54, 1.807) is 29.6 Å². The molecule has 1 N–H and O–H groups in total. The molecule has 0 aliphatic carbocycles. The Morgan fingerprint density at radius 2 is 1.47 bits per heavy atom. The fourth-order valence-corrected chi connectivity index (χ4v) is 3.14. The van der Waals surface area contributed by atoms with Gasteiger partial charge in [-0.1, -0.05) is 36.4 Å². The summed E-state index contributed by atoms with van der Waals surface area (Å²) in [6.07, 6.45) is 6.65. The molecule has 0 spiro atoms. The van der Waals surface area contributed by atoms with Gasteiger partial charge < -0.3 is 19.4 Å². The number of carbonyl (C=O) groups is 2. The Morgan fingerprint density at radius 3 is 2.12 bits per heavy atom. The number of para-hydroxylation sites is 2. The maximum Gasteiger partial charge on any atom is 0.338 e. The van der Waals surface area contributed by atoms with E-state index in [1.165, 1.54) is 14.2 Å². The van der Waals surface area contributed by atoms with Crippen LogP contribution in [0.15, 0.2) is 70.9 Å². The molecule has 0 atom stereocenters. The van der Waals surface area contributed by atoms with E-state index in [0.29, 0.717) is 11.3 Å². The Kier molecular flexibility index (Phi) is 7.23. The molecule has 0 aliphatic heterocycles. The second-order valence-electron chi connectivity index (χ2n) is 7.16. The molecule has 0 radical (unpaired) electrons. The van der Waals surface area contributed by atoms with Crippen molar-refractivity contribution in [3.63, 3.8) is 0 Å². The average molecular weight is 431 g/mol. The van der Waals surface area contributed by atoms with Gasteiger partial charge in [-0.05, 0) is 24.3 Å². The van der Waals surface area contributed by atoms with E-state index in [2.05, 4.69) is 9.98 Å². The first-order valence-electron chi connectivity index (χ1n) is 9.90. The molecule has 1 aromatic heterocycles. The number of aromatic nitrogens is 1. The predicted molar refractivity (Wildman–Crippen MR) is 127 cm³/mol. The Balaban J connectivity index is 2.20. The molecular formula is C25H25N3O4. The number of aromatic amines is 1. The summed E-state index contributed by atoms with van der Waals surface area (Å²) in [5, 5.41) is 0.911. The molecule has 0 saturated heterocycles. The van der Waals surface area contributed by atoms with Crippen molar-refractivity contribution in [3.8, 4) is 0 Å².